The maximum absolute atomic E-state index is 14.3. The van der Waals surface area contributed by atoms with E-state index in [4.69, 9.17) is 0 Å². The SMILES string of the molecule is CCN1CCC(CC2CCCC(C)(/C(C=NC)=C3/Cc4c(cc(F)cc4C(=O)NC)N3)CC2)CC1. The average Bonchev–Trinajstić information content (AvgIpc) is 3.18. The van der Waals surface area contributed by atoms with Crippen molar-refractivity contribution in [2.45, 2.75) is 71.6 Å². The number of amides is 1. The topological polar surface area (TPSA) is 56.7 Å². The van der Waals surface area contributed by atoms with E-state index in [-0.39, 0.29) is 11.3 Å². The average molecular weight is 483 g/mol. The lowest BCUT2D eigenvalue weighted by molar-refractivity contribution is 0.0962. The largest absolute Gasteiger partial charge is 0.358 e. The summed E-state index contributed by atoms with van der Waals surface area (Å²) in [6.07, 6.45) is 12.8. The number of aliphatic imine (C=N–C) groups is 1. The number of piperidine rings is 1. The summed E-state index contributed by atoms with van der Waals surface area (Å²) in [6.45, 7) is 8.36. The van der Waals surface area contributed by atoms with Gasteiger partial charge in [-0.1, -0.05) is 26.7 Å². The molecule has 2 heterocycles. The lowest BCUT2D eigenvalue weighted by Crippen LogP contribution is -2.34. The number of nitrogens with one attached hydrogen (secondary N) is 2. The van der Waals surface area contributed by atoms with Gasteiger partial charge in [0.1, 0.15) is 5.82 Å². The molecule has 5 nitrogen and oxygen atoms in total. The third kappa shape index (κ3) is 5.79. The Kier molecular flexibility index (Phi) is 8.31. The molecule has 1 amide bonds. The first kappa shape index (κ1) is 25.9. The molecule has 2 unspecified atom stereocenters. The number of likely N-dealkylation sites (tertiary alicyclic amines) is 1. The maximum Gasteiger partial charge on any atom is 0.251 e. The van der Waals surface area contributed by atoms with E-state index >= 15 is 0 Å². The molecule has 0 bridgehead atoms. The Bertz CT molecular complexity index is 979. The predicted molar refractivity (Wildman–Crippen MR) is 143 cm³/mol. The summed E-state index contributed by atoms with van der Waals surface area (Å²) >= 11 is 0. The second kappa shape index (κ2) is 11.2. The fourth-order valence-electron chi connectivity index (χ4n) is 6.64. The standard InChI is InChI=1S/C29H43FN4O/c1-5-34-13-9-21(10-14-34)15-20-7-6-11-29(2,12-8-20)25(19-31-3)27-18-23-24(28(35)32-4)16-22(30)17-26(23)33-27/h16-17,19-21,33H,5-15,18H2,1-4H3,(H,32,35)/b27-25-,31-19?. The normalized spacial score (nSPS) is 27.4. The van der Waals surface area contributed by atoms with Crippen LogP contribution in [0.3, 0.4) is 0 Å². The van der Waals surface area contributed by atoms with Gasteiger partial charge in [-0.15, -0.1) is 0 Å². The Morgan fingerprint density at radius 2 is 1.97 bits per heavy atom. The first-order valence-electron chi connectivity index (χ1n) is 13.6. The van der Waals surface area contributed by atoms with Crippen LogP contribution < -0.4 is 10.6 Å². The van der Waals surface area contributed by atoms with Gasteiger partial charge in [0.2, 0.25) is 0 Å². The number of allylic oxidation sites excluding steroid dienone is 2. The Morgan fingerprint density at radius 3 is 2.66 bits per heavy atom. The molecular formula is C29H43FN4O. The van der Waals surface area contributed by atoms with Gasteiger partial charge in [0.15, 0.2) is 0 Å². The van der Waals surface area contributed by atoms with E-state index in [0.717, 1.165) is 35.9 Å². The Labute approximate surface area is 210 Å². The number of carbonyl (C=O) groups excluding carboxylic acids is 1. The molecule has 1 saturated carbocycles. The Morgan fingerprint density at radius 1 is 1.23 bits per heavy atom. The lowest BCUT2D eigenvalue weighted by atomic mass is 9.74. The number of hydrogen-bond donors (Lipinski definition) is 2. The number of hydrogen-bond acceptors (Lipinski definition) is 4. The van der Waals surface area contributed by atoms with Crippen LogP contribution in [0.5, 0.6) is 0 Å². The number of fused-ring (bicyclic) bond motifs is 1. The molecule has 4 rings (SSSR count). The number of benzene rings is 1. The summed E-state index contributed by atoms with van der Waals surface area (Å²) in [6, 6.07) is 2.85. The van der Waals surface area contributed by atoms with Crippen molar-refractivity contribution in [3.8, 4) is 0 Å². The quantitative estimate of drug-likeness (QED) is 0.397. The van der Waals surface area contributed by atoms with Crippen LogP contribution in [-0.4, -0.2) is 50.8 Å². The maximum atomic E-state index is 14.3. The smallest absolute Gasteiger partial charge is 0.251 e. The molecule has 2 aliphatic heterocycles. The zero-order valence-corrected chi connectivity index (χ0v) is 22.1. The molecule has 6 heteroatoms. The Balaban J connectivity index is 1.51. The molecule has 2 N–H and O–H groups in total. The third-order valence-corrected chi connectivity index (χ3v) is 8.83. The number of anilines is 1. The van der Waals surface area contributed by atoms with Crippen molar-refractivity contribution in [1.82, 2.24) is 10.2 Å². The van der Waals surface area contributed by atoms with Crippen molar-refractivity contribution in [1.29, 1.82) is 0 Å². The highest BCUT2D eigenvalue weighted by Crippen LogP contribution is 2.46. The van der Waals surface area contributed by atoms with E-state index in [9.17, 15) is 9.18 Å². The van der Waals surface area contributed by atoms with Gasteiger partial charge < -0.3 is 15.5 Å². The third-order valence-electron chi connectivity index (χ3n) is 8.83. The van der Waals surface area contributed by atoms with Crippen molar-refractivity contribution in [3.63, 3.8) is 0 Å². The molecule has 192 valence electrons. The zero-order chi connectivity index (χ0) is 25.0. The van der Waals surface area contributed by atoms with Gasteiger partial charge in [0.05, 0.1) is 0 Å². The van der Waals surface area contributed by atoms with Gasteiger partial charge >= 0.3 is 0 Å². The summed E-state index contributed by atoms with van der Waals surface area (Å²) in [5.41, 5.74) is 4.30. The molecular weight excluding hydrogens is 439 g/mol. The van der Waals surface area contributed by atoms with Crippen LogP contribution in [0.15, 0.2) is 28.4 Å². The summed E-state index contributed by atoms with van der Waals surface area (Å²) < 4.78 is 14.3. The lowest BCUT2D eigenvalue weighted by Gasteiger charge is -2.33. The molecule has 3 aliphatic rings. The van der Waals surface area contributed by atoms with E-state index in [1.807, 2.05) is 13.3 Å². The van der Waals surface area contributed by atoms with E-state index in [0.29, 0.717) is 17.7 Å². The van der Waals surface area contributed by atoms with Gasteiger partial charge in [-0.3, -0.25) is 9.79 Å². The second-order valence-electron chi connectivity index (χ2n) is 11.1. The van der Waals surface area contributed by atoms with Crippen LogP contribution in [0.4, 0.5) is 10.1 Å². The van der Waals surface area contributed by atoms with E-state index in [1.54, 1.807) is 7.05 Å². The number of rotatable bonds is 6. The van der Waals surface area contributed by atoms with Crippen LogP contribution in [0.1, 0.15) is 81.1 Å². The minimum absolute atomic E-state index is 0.0237. The number of nitrogens with zero attached hydrogens (tertiary/aromatic N) is 2. The molecule has 2 atom stereocenters. The molecule has 1 aliphatic carbocycles. The molecule has 1 aromatic carbocycles. The van der Waals surface area contributed by atoms with E-state index in [2.05, 4.69) is 34.4 Å². The first-order chi connectivity index (χ1) is 16.9. The van der Waals surface area contributed by atoms with Gasteiger partial charge in [0.25, 0.3) is 5.91 Å². The predicted octanol–water partition coefficient (Wildman–Crippen LogP) is 5.82. The summed E-state index contributed by atoms with van der Waals surface area (Å²) in [4.78, 5) is 19.4. The van der Waals surface area contributed by atoms with Crippen LogP contribution >= 0.6 is 0 Å². The first-order valence-corrected chi connectivity index (χ1v) is 13.6. The van der Waals surface area contributed by atoms with Crippen LogP contribution in [0.25, 0.3) is 0 Å². The van der Waals surface area contributed by atoms with Crippen molar-refractivity contribution < 1.29 is 9.18 Å². The van der Waals surface area contributed by atoms with Gasteiger partial charge in [-0.25, -0.2) is 4.39 Å². The van der Waals surface area contributed by atoms with Crippen molar-refractivity contribution >= 4 is 17.8 Å². The fraction of sp³-hybridized carbons (Fsp3) is 0.655. The highest BCUT2D eigenvalue weighted by molar-refractivity contribution is 5.98. The molecule has 1 saturated heterocycles. The minimum Gasteiger partial charge on any atom is -0.358 e. The monoisotopic (exact) mass is 482 g/mol. The Hall–Kier alpha value is -2.21. The summed E-state index contributed by atoms with van der Waals surface area (Å²) in [7, 11) is 3.41. The van der Waals surface area contributed by atoms with Gasteiger partial charge in [-0.2, -0.15) is 0 Å². The molecule has 35 heavy (non-hydrogen) atoms. The highest BCUT2D eigenvalue weighted by atomic mass is 19.1. The number of halogens is 1. The molecule has 2 fully saturated rings. The zero-order valence-electron chi connectivity index (χ0n) is 22.1. The van der Waals surface area contributed by atoms with E-state index in [1.165, 1.54) is 75.9 Å². The summed E-state index contributed by atoms with van der Waals surface area (Å²) in [5, 5.41) is 6.12. The molecule has 0 spiro atoms. The second-order valence-corrected chi connectivity index (χ2v) is 11.1. The van der Waals surface area contributed by atoms with Crippen molar-refractivity contribution in [3.05, 3.63) is 40.3 Å². The molecule has 0 aromatic heterocycles. The molecule has 1 aromatic rings. The van der Waals surface area contributed by atoms with Crippen molar-refractivity contribution in [2.75, 3.05) is 39.0 Å². The van der Waals surface area contributed by atoms with Gasteiger partial charge in [0, 0.05) is 43.7 Å². The van der Waals surface area contributed by atoms with Crippen LogP contribution in [0.2, 0.25) is 0 Å². The minimum atomic E-state index is -0.393. The summed E-state index contributed by atoms with van der Waals surface area (Å²) in [5.74, 6) is 1.05. The molecule has 0 radical (unpaired) electrons. The van der Waals surface area contributed by atoms with Crippen molar-refractivity contribution in [2.24, 2.45) is 22.2 Å². The fourth-order valence-corrected chi connectivity index (χ4v) is 6.64. The van der Waals surface area contributed by atoms with E-state index < -0.39 is 5.82 Å². The van der Waals surface area contributed by atoms with Crippen LogP contribution in [0, 0.1) is 23.1 Å². The van der Waals surface area contributed by atoms with Gasteiger partial charge in [-0.05, 0) is 98.7 Å². The van der Waals surface area contributed by atoms with Crippen LogP contribution in [-0.2, 0) is 6.42 Å². The number of carbonyl (C=O) groups is 1. The highest BCUT2D eigenvalue weighted by Gasteiger charge is 2.36.